The minimum atomic E-state index is 0.837. The highest BCUT2D eigenvalue weighted by molar-refractivity contribution is 5.23. The lowest BCUT2D eigenvalue weighted by Gasteiger charge is -2.15. The second-order valence-corrected chi connectivity index (χ2v) is 4.60. The topological polar surface area (TPSA) is 28.4 Å². The summed E-state index contributed by atoms with van der Waals surface area (Å²) < 4.78 is 5.35. The molecule has 0 aliphatic heterocycles. The average Bonchev–Trinajstić information content (AvgIpc) is 2.82. The smallest absolute Gasteiger partial charge is 0.117 e. The van der Waals surface area contributed by atoms with Crippen molar-refractivity contribution in [2.75, 3.05) is 14.1 Å². The quantitative estimate of drug-likeness (QED) is 0.846. The highest BCUT2D eigenvalue weighted by Crippen LogP contribution is 2.10. The fourth-order valence-corrected chi connectivity index (χ4v) is 2.08. The van der Waals surface area contributed by atoms with Gasteiger partial charge in [0.15, 0.2) is 0 Å². The third kappa shape index (κ3) is 3.72. The molecule has 1 heterocycles. The summed E-state index contributed by atoms with van der Waals surface area (Å²) >= 11 is 0. The van der Waals surface area contributed by atoms with E-state index in [1.54, 1.807) is 6.26 Å². The molecule has 0 bridgehead atoms. The zero-order chi connectivity index (χ0) is 12.8. The predicted molar refractivity (Wildman–Crippen MR) is 73.1 cm³/mol. The first kappa shape index (κ1) is 12.9. The molecule has 1 N–H and O–H groups in total. The van der Waals surface area contributed by atoms with Gasteiger partial charge in [0.2, 0.25) is 0 Å². The van der Waals surface area contributed by atoms with Gasteiger partial charge in [-0.25, -0.2) is 0 Å². The van der Waals surface area contributed by atoms with Crippen LogP contribution in [0.15, 0.2) is 47.1 Å². The predicted octanol–water partition coefficient (Wildman–Crippen LogP) is 2.63. The Morgan fingerprint density at radius 2 is 1.94 bits per heavy atom. The number of hydrogen-bond acceptors (Lipinski definition) is 3. The number of hydrogen-bond donors (Lipinski definition) is 1. The molecular weight excluding hydrogens is 224 g/mol. The Bertz CT molecular complexity index is 465. The SMILES string of the molecule is CNCc1cccc(CN(C)Cc2ccco2)c1. The van der Waals surface area contributed by atoms with E-state index in [2.05, 4.69) is 41.5 Å². The molecule has 2 rings (SSSR count). The Balaban J connectivity index is 1.93. The summed E-state index contributed by atoms with van der Waals surface area (Å²) in [6.45, 7) is 2.68. The lowest BCUT2D eigenvalue weighted by molar-refractivity contribution is 0.288. The number of benzene rings is 1. The molecule has 0 aliphatic carbocycles. The maximum atomic E-state index is 5.35. The fourth-order valence-electron chi connectivity index (χ4n) is 2.08. The van der Waals surface area contributed by atoms with Crippen LogP contribution in [0, 0.1) is 0 Å². The van der Waals surface area contributed by atoms with Crippen molar-refractivity contribution < 1.29 is 4.42 Å². The molecule has 0 fully saturated rings. The molecule has 3 heteroatoms. The molecule has 0 atom stereocenters. The zero-order valence-electron chi connectivity index (χ0n) is 11.0. The second-order valence-electron chi connectivity index (χ2n) is 4.60. The van der Waals surface area contributed by atoms with E-state index in [0.29, 0.717) is 0 Å². The summed E-state index contributed by atoms with van der Waals surface area (Å²) in [6, 6.07) is 12.6. The van der Waals surface area contributed by atoms with Gasteiger partial charge in [-0.05, 0) is 37.4 Å². The van der Waals surface area contributed by atoms with E-state index in [-0.39, 0.29) is 0 Å². The molecule has 0 amide bonds. The molecule has 0 saturated heterocycles. The van der Waals surface area contributed by atoms with Crippen LogP contribution in [0.3, 0.4) is 0 Å². The van der Waals surface area contributed by atoms with Gasteiger partial charge >= 0.3 is 0 Å². The van der Waals surface area contributed by atoms with E-state index in [4.69, 9.17) is 4.42 Å². The number of furan rings is 1. The van der Waals surface area contributed by atoms with E-state index >= 15 is 0 Å². The molecule has 0 unspecified atom stereocenters. The van der Waals surface area contributed by atoms with E-state index in [9.17, 15) is 0 Å². The third-order valence-electron chi connectivity index (χ3n) is 2.83. The van der Waals surface area contributed by atoms with Crippen LogP contribution >= 0.6 is 0 Å². The largest absolute Gasteiger partial charge is 0.468 e. The Kier molecular flexibility index (Phi) is 4.56. The van der Waals surface area contributed by atoms with Gasteiger partial charge in [-0.1, -0.05) is 24.3 Å². The maximum Gasteiger partial charge on any atom is 0.117 e. The Morgan fingerprint density at radius 3 is 2.67 bits per heavy atom. The summed E-state index contributed by atoms with van der Waals surface area (Å²) in [4.78, 5) is 2.25. The monoisotopic (exact) mass is 244 g/mol. The van der Waals surface area contributed by atoms with Crippen LogP contribution in [0.5, 0.6) is 0 Å². The van der Waals surface area contributed by atoms with E-state index in [1.807, 2.05) is 19.2 Å². The van der Waals surface area contributed by atoms with Crippen molar-refractivity contribution in [3.8, 4) is 0 Å². The standard InChI is InChI=1S/C15H20N2O/c1-16-10-13-5-3-6-14(9-13)11-17(2)12-15-7-4-8-18-15/h3-9,16H,10-12H2,1-2H3. The fraction of sp³-hybridized carbons (Fsp3) is 0.333. The van der Waals surface area contributed by atoms with Crippen LogP contribution in [0.25, 0.3) is 0 Å². The van der Waals surface area contributed by atoms with Gasteiger partial charge in [0.1, 0.15) is 5.76 Å². The van der Waals surface area contributed by atoms with Crippen molar-refractivity contribution in [2.24, 2.45) is 0 Å². The molecule has 2 aromatic rings. The summed E-state index contributed by atoms with van der Waals surface area (Å²) in [5, 5.41) is 3.17. The molecule has 3 nitrogen and oxygen atoms in total. The minimum Gasteiger partial charge on any atom is -0.468 e. The van der Waals surface area contributed by atoms with Crippen molar-refractivity contribution in [1.82, 2.24) is 10.2 Å². The van der Waals surface area contributed by atoms with Gasteiger partial charge in [0, 0.05) is 13.1 Å². The van der Waals surface area contributed by atoms with Gasteiger partial charge in [0.05, 0.1) is 12.8 Å². The van der Waals surface area contributed by atoms with E-state index < -0.39 is 0 Å². The molecular formula is C15H20N2O. The van der Waals surface area contributed by atoms with Crippen LogP contribution in [-0.4, -0.2) is 19.0 Å². The number of nitrogens with one attached hydrogen (secondary N) is 1. The normalized spacial score (nSPS) is 11.1. The third-order valence-corrected chi connectivity index (χ3v) is 2.83. The van der Waals surface area contributed by atoms with E-state index in [0.717, 1.165) is 25.4 Å². The second kappa shape index (κ2) is 6.38. The number of rotatable bonds is 6. The van der Waals surface area contributed by atoms with Gasteiger partial charge in [-0.3, -0.25) is 4.90 Å². The molecule has 0 spiro atoms. The molecule has 1 aromatic carbocycles. The Labute approximate surface area is 108 Å². The first-order valence-electron chi connectivity index (χ1n) is 6.21. The van der Waals surface area contributed by atoms with Crippen LogP contribution in [0.1, 0.15) is 16.9 Å². The molecule has 1 aromatic heterocycles. The Hall–Kier alpha value is -1.58. The molecule has 0 saturated carbocycles. The lowest BCUT2D eigenvalue weighted by Crippen LogP contribution is -2.17. The van der Waals surface area contributed by atoms with Gasteiger partial charge in [-0.2, -0.15) is 0 Å². The van der Waals surface area contributed by atoms with E-state index in [1.165, 1.54) is 11.1 Å². The van der Waals surface area contributed by atoms with Gasteiger partial charge in [0.25, 0.3) is 0 Å². The first-order valence-corrected chi connectivity index (χ1v) is 6.21. The average molecular weight is 244 g/mol. The minimum absolute atomic E-state index is 0.837. The first-order chi connectivity index (χ1) is 8.78. The molecule has 0 aliphatic rings. The lowest BCUT2D eigenvalue weighted by atomic mass is 10.1. The molecule has 18 heavy (non-hydrogen) atoms. The summed E-state index contributed by atoms with van der Waals surface area (Å²) in [5.41, 5.74) is 2.65. The van der Waals surface area contributed by atoms with Gasteiger partial charge < -0.3 is 9.73 Å². The van der Waals surface area contributed by atoms with Crippen LogP contribution < -0.4 is 5.32 Å². The summed E-state index contributed by atoms with van der Waals surface area (Å²) in [6.07, 6.45) is 1.72. The zero-order valence-corrected chi connectivity index (χ0v) is 11.0. The van der Waals surface area contributed by atoms with Gasteiger partial charge in [-0.15, -0.1) is 0 Å². The maximum absolute atomic E-state index is 5.35. The molecule has 0 radical (unpaired) electrons. The van der Waals surface area contributed by atoms with Crippen molar-refractivity contribution >= 4 is 0 Å². The van der Waals surface area contributed by atoms with Crippen molar-refractivity contribution in [3.05, 3.63) is 59.5 Å². The van der Waals surface area contributed by atoms with Crippen LogP contribution in [-0.2, 0) is 19.6 Å². The summed E-state index contributed by atoms with van der Waals surface area (Å²) in [7, 11) is 4.07. The van der Waals surface area contributed by atoms with Crippen LogP contribution in [0.4, 0.5) is 0 Å². The highest BCUT2D eigenvalue weighted by atomic mass is 16.3. The number of nitrogens with zero attached hydrogens (tertiary/aromatic N) is 1. The highest BCUT2D eigenvalue weighted by Gasteiger charge is 2.04. The van der Waals surface area contributed by atoms with Crippen LogP contribution in [0.2, 0.25) is 0 Å². The summed E-state index contributed by atoms with van der Waals surface area (Å²) in [5.74, 6) is 1.00. The van der Waals surface area contributed by atoms with Crippen molar-refractivity contribution in [3.63, 3.8) is 0 Å². The van der Waals surface area contributed by atoms with Crippen molar-refractivity contribution in [1.29, 1.82) is 0 Å². The Morgan fingerprint density at radius 1 is 1.11 bits per heavy atom. The van der Waals surface area contributed by atoms with Crippen molar-refractivity contribution in [2.45, 2.75) is 19.6 Å². The molecule has 96 valence electrons.